The maximum Gasteiger partial charge on any atom is 0.325 e. The summed E-state index contributed by atoms with van der Waals surface area (Å²) in [5.74, 6) is -0.322. The lowest BCUT2D eigenvalue weighted by molar-refractivity contribution is -0.145. The Morgan fingerprint density at radius 2 is 1.96 bits per heavy atom. The van der Waals surface area contributed by atoms with Crippen LogP contribution in [0.15, 0.2) is 52.5 Å². The van der Waals surface area contributed by atoms with Crippen LogP contribution in [0.5, 0.6) is 5.75 Å². The van der Waals surface area contributed by atoms with Crippen molar-refractivity contribution < 1.29 is 19.1 Å². The van der Waals surface area contributed by atoms with Gasteiger partial charge in [-0.15, -0.1) is 11.3 Å². The van der Waals surface area contributed by atoms with Gasteiger partial charge in [0, 0.05) is 16.3 Å². The minimum absolute atomic E-state index is 0.0792. The van der Waals surface area contributed by atoms with E-state index in [1.165, 1.54) is 11.3 Å². The third-order valence-electron chi connectivity index (χ3n) is 3.24. The number of rotatable bonds is 8. The van der Waals surface area contributed by atoms with Crippen LogP contribution in [0, 0.1) is 0 Å². The number of thiazole rings is 1. The molecular formula is C18H16N2O4S2. The number of ether oxygens (including phenoxy) is 2. The first-order valence-corrected chi connectivity index (χ1v) is 9.60. The number of nitrogens with zero attached hydrogens (tertiary/aromatic N) is 1. The Bertz CT molecular complexity index is 847. The molecule has 1 N–H and O–H groups in total. The van der Waals surface area contributed by atoms with Gasteiger partial charge in [0.1, 0.15) is 23.9 Å². The van der Waals surface area contributed by atoms with Gasteiger partial charge in [-0.25, -0.2) is 4.98 Å². The number of carbonyl (C=O) groups is 2. The predicted octanol–water partition coefficient (Wildman–Crippen LogP) is 3.11. The third kappa shape index (κ3) is 5.40. The van der Waals surface area contributed by atoms with Gasteiger partial charge in [-0.1, -0.05) is 18.2 Å². The van der Waals surface area contributed by atoms with Crippen molar-refractivity contribution in [2.75, 3.05) is 13.2 Å². The zero-order valence-electron chi connectivity index (χ0n) is 13.7. The zero-order chi connectivity index (χ0) is 18.2. The highest BCUT2D eigenvalue weighted by Crippen LogP contribution is 2.25. The summed E-state index contributed by atoms with van der Waals surface area (Å²) in [6.07, 6.45) is 0. The van der Waals surface area contributed by atoms with Crippen molar-refractivity contribution in [1.82, 2.24) is 10.3 Å². The van der Waals surface area contributed by atoms with Gasteiger partial charge in [0.25, 0.3) is 5.91 Å². The third-order valence-corrected chi connectivity index (χ3v) is 4.87. The molecule has 1 aromatic carbocycles. The van der Waals surface area contributed by atoms with Crippen molar-refractivity contribution in [2.24, 2.45) is 0 Å². The summed E-state index contributed by atoms with van der Waals surface area (Å²) in [4.78, 5) is 27.8. The highest BCUT2D eigenvalue weighted by Gasteiger charge is 2.10. The fourth-order valence-electron chi connectivity index (χ4n) is 1.98. The van der Waals surface area contributed by atoms with E-state index in [2.05, 4.69) is 10.3 Å². The Kier molecular flexibility index (Phi) is 6.34. The molecule has 8 heteroatoms. The second-order valence-corrected chi connectivity index (χ2v) is 6.83. The van der Waals surface area contributed by atoms with Crippen molar-refractivity contribution >= 4 is 34.6 Å². The summed E-state index contributed by atoms with van der Waals surface area (Å²) < 4.78 is 10.4. The zero-order valence-corrected chi connectivity index (χ0v) is 15.3. The van der Waals surface area contributed by atoms with Gasteiger partial charge < -0.3 is 14.8 Å². The van der Waals surface area contributed by atoms with E-state index in [1.54, 1.807) is 23.5 Å². The molecule has 6 nitrogen and oxygen atoms in total. The Labute approximate surface area is 158 Å². The van der Waals surface area contributed by atoms with Gasteiger partial charge in [-0.2, -0.15) is 11.3 Å². The molecule has 2 aromatic heterocycles. The SMILES string of the molecule is O=C(COc1ccccc1)NCC(=O)OCc1csc(-c2ccsc2)n1. The average Bonchev–Trinajstić information content (AvgIpc) is 3.35. The summed E-state index contributed by atoms with van der Waals surface area (Å²) in [6, 6.07) is 11.0. The van der Waals surface area contributed by atoms with Crippen LogP contribution in [0.4, 0.5) is 0 Å². The standard InChI is InChI=1S/C18H16N2O4S2/c21-16(10-23-15-4-2-1-3-5-15)19-8-17(22)24-9-14-12-26-18(20-14)13-6-7-25-11-13/h1-7,11-12H,8-10H2,(H,19,21). The normalized spacial score (nSPS) is 10.3. The molecule has 0 unspecified atom stereocenters. The molecule has 0 aliphatic heterocycles. The van der Waals surface area contributed by atoms with Crippen molar-refractivity contribution in [3.05, 3.63) is 58.2 Å². The predicted molar refractivity (Wildman–Crippen MR) is 100 cm³/mol. The molecule has 0 aliphatic rings. The van der Waals surface area contributed by atoms with Crippen LogP contribution in [0.25, 0.3) is 10.6 Å². The number of esters is 1. The lowest BCUT2D eigenvalue weighted by Gasteiger charge is -2.07. The van der Waals surface area contributed by atoms with Gasteiger partial charge in [0.15, 0.2) is 6.61 Å². The molecule has 0 radical (unpaired) electrons. The molecule has 0 fully saturated rings. The molecule has 1 amide bonds. The minimum atomic E-state index is -0.525. The van der Waals surface area contributed by atoms with Crippen molar-refractivity contribution in [1.29, 1.82) is 0 Å². The number of para-hydroxylation sites is 1. The Hall–Kier alpha value is -2.71. The van der Waals surface area contributed by atoms with Crippen molar-refractivity contribution in [3.63, 3.8) is 0 Å². The van der Waals surface area contributed by atoms with Gasteiger partial charge in [-0.05, 0) is 23.6 Å². The van der Waals surface area contributed by atoms with Crippen LogP contribution < -0.4 is 10.1 Å². The van der Waals surface area contributed by atoms with Gasteiger partial charge in [0.05, 0.1) is 5.69 Å². The highest BCUT2D eigenvalue weighted by atomic mass is 32.1. The molecule has 26 heavy (non-hydrogen) atoms. The number of carbonyl (C=O) groups excluding carboxylic acids is 2. The Morgan fingerprint density at radius 1 is 1.12 bits per heavy atom. The van der Waals surface area contributed by atoms with Crippen LogP contribution in [-0.4, -0.2) is 30.0 Å². The van der Waals surface area contributed by atoms with E-state index in [4.69, 9.17) is 9.47 Å². The smallest absolute Gasteiger partial charge is 0.325 e. The van der Waals surface area contributed by atoms with Gasteiger partial charge >= 0.3 is 5.97 Å². The maximum absolute atomic E-state index is 11.7. The van der Waals surface area contributed by atoms with E-state index < -0.39 is 5.97 Å². The topological polar surface area (TPSA) is 77.5 Å². The molecule has 0 saturated carbocycles. The molecule has 0 saturated heterocycles. The van der Waals surface area contributed by atoms with E-state index in [9.17, 15) is 9.59 Å². The molecule has 0 aliphatic carbocycles. The first kappa shape index (κ1) is 18.1. The van der Waals surface area contributed by atoms with E-state index in [0.29, 0.717) is 11.4 Å². The molecule has 134 valence electrons. The number of hydrogen-bond donors (Lipinski definition) is 1. The quantitative estimate of drug-likeness (QED) is 0.600. The van der Waals surface area contributed by atoms with Gasteiger partial charge in [-0.3, -0.25) is 9.59 Å². The molecule has 3 rings (SSSR count). The van der Waals surface area contributed by atoms with Crippen LogP contribution >= 0.6 is 22.7 Å². The van der Waals surface area contributed by atoms with Crippen molar-refractivity contribution in [3.8, 4) is 16.3 Å². The first-order chi connectivity index (χ1) is 12.7. The van der Waals surface area contributed by atoms with E-state index >= 15 is 0 Å². The highest BCUT2D eigenvalue weighted by molar-refractivity contribution is 7.14. The summed E-state index contributed by atoms with van der Waals surface area (Å²) in [5.41, 5.74) is 1.74. The lowest BCUT2D eigenvalue weighted by Crippen LogP contribution is -2.34. The van der Waals surface area contributed by atoms with E-state index in [-0.39, 0.29) is 25.7 Å². The number of hydrogen-bond acceptors (Lipinski definition) is 7. The number of nitrogens with one attached hydrogen (secondary N) is 1. The Balaban J connectivity index is 1.36. The first-order valence-electron chi connectivity index (χ1n) is 7.78. The van der Waals surface area contributed by atoms with E-state index in [1.807, 2.05) is 40.4 Å². The van der Waals surface area contributed by atoms with Crippen LogP contribution in [0.2, 0.25) is 0 Å². The number of amides is 1. The minimum Gasteiger partial charge on any atom is -0.484 e. The largest absolute Gasteiger partial charge is 0.484 e. The van der Waals surface area contributed by atoms with Crippen LogP contribution in [-0.2, 0) is 20.9 Å². The second kappa shape index (κ2) is 9.12. The number of benzene rings is 1. The fourth-order valence-corrected chi connectivity index (χ4v) is 3.50. The summed E-state index contributed by atoms with van der Waals surface area (Å²) in [5, 5.41) is 9.21. The number of aromatic nitrogens is 1. The summed E-state index contributed by atoms with van der Waals surface area (Å²) >= 11 is 3.10. The molecule has 3 aromatic rings. The molecule has 2 heterocycles. The second-order valence-electron chi connectivity index (χ2n) is 5.20. The van der Waals surface area contributed by atoms with Crippen molar-refractivity contribution in [2.45, 2.75) is 6.61 Å². The Morgan fingerprint density at radius 3 is 2.73 bits per heavy atom. The maximum atomic E-state index is 11.7. The molecule has 0 spiro atoms. The lowest BCUT2D eigenvalue weighted by atomic mass is 10.3. The summed E-state index contributed by atoms with van der Waals surface area (Å²) in [7, 11) is 0. The monoisotopic (exact) mass is 388 g/mol. The molecule has 0 atom stereocenters. The van der Waals surface area contributed by atoms with Gasteiger partial charge in [0.2, 0.25) is 0 Å². The van der Waals surface area contributed by atoms with Crippen LogP contribution in [0.3, 0.4) is 0 Å². The fraction of sp³-hybridized carbons (Fsp3) is 0.167. The van der Waals surface area contributed by atoms with E-state index in [0.717, 1.165) is 10.6 Å². The molecule has 0 bridgehead atoms. The molecular weight excluding hydrogens is 372 g/mol. The average molecular weight is 388 g/mol. The summed E-state index contributed by atoms with van der Waals surface area (Å²) in [6.45, 7) is -0.290. The number of thiophene rings is 1. The van der Waals surface area contributed by atoms with Crippen LogP contribution in [0.1, 0.15) is 5.69 Å².